The highest BCUT2D eigenvalue weighted by Gasteiger charge is 2.14. The van der Waals surface area contributed by atoms with Gasteiger partial charge in [0.1, 0.15) is 0 Å². The summed E-state index contributed by atoms with van der Waals surface area (Å²) >= 11 is 5.00. The molecule has 1 unspecified atom stereocenters. The second kappa shape index (κ2) is 2.94. The Balaban J connectivity index is 2.94. The van der Waals surface area contributed by atoms with E-state index >= 15 is 0 Å². The van der Waals surface area contributed by atoms with Gasteiger partial charge in [0.05, 0.1) is 4.91 Å². The van der Waals surface area contributed by atoms with Gasteiger partial charge in [-0.1, -0.05) is 10.8 Å². The Morgan fingerprint density at radius 3 is 2.78 bits per heavy atom. The summed E-state index contributed by atoms with van der Waals surface area (Å²) in [6, 6.07) is 0. The normalized spacial score (nSPS) is 27.0. The molecule has 0 aromatic carbocycles. The molecule has 1 atom stereocenters. The van der Waals surface area contributed by atoms with E-state index in [9.17, 15) is 4.79 Å². The number of rotatable bonds is 1. The monoisotopic (exact) mass is 178 g/mol. The molecule has 0 radical (unpaired) electrons. The first kappa shape index (κ1) is 7.44. The Hall–Kier alpha value is 0.330. The van der Waals surface area contributed by atoms with Gasteiger partial charge in [-0.25, -0.2) is 0 Å². The van der Waals surface area contributed by atoms with Crippen molar-refractivity contribution >= 4 is 36.8 Å². The highest BCUT2D eigenvalue weighted by Crippen LogP contribution is 2.29. The van der Waals surface area contributed by atoms with E-state index in [1.807, 2.05) is 6.92 Å². The largest absolute Gasteiger partial charge is 0.297 e. The molecule has 1 rings (SSSR count). The molecule has 0 amide bonds. The van der Waals surface area contributed by atoms with E-state index in [0.29, 0.717) is 0 Å². The predicted molar refractivity (Wildman–Crippen MR) is 46.0 cm³/mol. The quantitative estimate of drug-likeness (QED) is 0.444. The van der Waals surface area contributed by atoms with Crippen molar-refractivity contribution in [2.45, 2.75) is 6.92 Å². The van der Waals surface area contributed by atoms with Gasteiger partial charge in [-0.3, -0.25) is 4.79 Å². The van der Waals surface area contributed by atoms with Crippen molar-refractivity contribution in [3.63, 3.8) is 0 Å². The Bertz CT molecular complexity index is 194. The van der Waals surface area contributed by atoms with Crippen LogP contribution in [0.2, 0.25) is 0 Å². The van der Waals surface area contributed by atoms with Crippen LogP contribution >= 0.6 is 10.8 Å². The maximum atomic E-state index is 10.3. The third-order valence-corrected chi connectivity index (χ3v) is 5.60. The van der Waals surface area contributed by atoms with Crippen LogP contribution in [0.4, 0.5) is 0 Å². The minimum Gasteiger partial charge on any atom is -0.297 e. The van der Waals surface area contributed by atoms with Crippen LogP contribution in [0.3, 0.4) is 0 Å². The molecule has 1 aliphatic rings. The Morgan fingerprint density at radius 1 is 1.89 bits per heavy atom. The van der Waals surface area contributed by atoms with E-state index in [2.05, 4.69) is 0 Å². The molecule has 9 heavy (non-hydrogen) atoms. The lowest BCUT2D eigenvalue weighted by Crippen LogP contribution is -1.85. The predicted octanol–water partition coefficient (Wildman–Crippen LogP) is 1.20. The van der Waals surface area contributed by atoms with E-state index in [4.69, 9.17) is 11.2 Å². The zero-order valence-corrected chi connectivity index (χ0v) is 7.37. The Morgan fingerprint density at radius 2 is 2.56 bits per heavy atom. The lowest BCUT2D eigenvalue weighted by Gasteiger charge is -1.88. The summed E-state index contributed by atoms with van der Waals surface area (Å²) in [4.78, 5) is 11.1. The molecule has 0 spiro atoms. The summed E-state index contributed by atoms with van der Waals surface area (Å²) in [7, 11) is 1.45. The second-order valence-electron chi connectivity index (χ2n) is 1.76. The van der Waals surface area contributed by atoms with Gasteiger partial charge in [0.2, 0.25) is 0 Å². The van der Waals surface area contributed by atoms with E-state index in [0.717, 1.165) is 22.5 Å². The van der Waals surface area contributed by atoms with Crippen LogP contribution in [0.15, 0.2) is 10.5 Å². The van der Waals surface area contributed by atoms with E-state index in [1.165, 1.54) is 0 Å². The summed E-state index contributed by atoms with van der Waals surface area (Å²) in [5.74, 6) is 0.945. The van der Waals surface area contributed by atoms with Crippen molar-refractivity contribution in [3.8, 4) is 0 Å². The van der Waals surface area contributed by atoms with Crippen molar-refractivity contribution in [3.05, 3.63) is 10.5 Å². The third kappa shape index (κ3) is 1.42. The molecule has 0 fully saturated rings. The number of hydrogen-bond acceptors (Lipinski definition) is 3. The Labute approximate surface area is 64.9 Å². The first-order chi connectivity index (χ1) is 4.25. The molecule has 0 N–H and O–H groups in total. The molecule has 0 aromatic heterocycles. The minimum atomic E-state index is -0.229. The molecule has 0 bridgehead atoms. The first-order valence-electron chi connectivity index (χ1n) is 2.45. The van der Waals surface area contributed by atoms with Crippen molar-refractivity contribution in [1.82, 2.24) is 0 Å². The molecular formula is C5H6OS3. The van der Waals surface area contributed by atoms with E-state index in [1.54, 1.807) is 10.8 Å². The molecule has 50 valence electrons. The van der Waals surface area contributed by atoms with Crippen molar-refractivity contribution in [1.29, 1.82) is 0 Å². The molecular weight excluding hydrogens is 172 g/mol. The van der Waals surface area contributed by atoms with Gasteiger partial charge >= 0.3 is 0 Å². The van der Waals surface area contributed by atoms with Crippen LogP contribution in [0.5, 0.6) is 0 Å². The van der Waals surface area contributed by atoms with Gasteiger partial charge in [-0.2, -0.15) is 0 Å². The lowest BCUT2D eigenvalue weighted by molar-refractivity contribution is -0.104. The standard InChI is InChI=1S/C5H6OS3/c1-4-3-8-9(7)5(4)2-6/h2H,3H2,1H3. The van der Waals surface area contributed by atoms with Crippen molar-refractivity contribution in [2.75, 3.05) is 5.75 Å². The maximum absolute atomic E-state index is 10.3. The zero-order valence-electron chi connectivity index (χ0n) is 4.92. The van der Waals surface area contributed by atoms with Gasteiger partial charge in [0, 0.05) is 5.75 Å². The molecule has 0 saturated carbocycles. The number of carbonyl (C=O) groups excluding carboxylic acids is 1. The fourth-order valence-electron chi connectivity index (χ4n) is 0.559. The summed E-state index contributed by atoms with van der Waals surface area (Å²) in [5.41, 5.74) is 1.16. The average molecular weight is 178 g/mol. The summed E-state index contributed by atoms with van der Waals surface area (Å²) < 4.78 is 0. The number of carbonyl (C=O) groups is 1. The third-order valence-electron chi connectivity index (χ3n) is 1.09. The van der Waals surface area contributed by atoms with Gasteiger partial charge in [-0.15, -0.1) is 0 Å². The average Bonchev–Trinajstić information content (AvgIpc) is 2.12. The lowest BCUT2D eigenvalue weighted by atomic mass is 10.3. The number of allylic oxidation sites excluding steroid dienone is 1. The van der Waals surface area contributed by atoms with Crippen LogP contribution in [-0.4, -0.2) is 12.0 Å². The number of hydrogen-bond donors (Lipinski definition) is 0. The van der Waals surface area contributed by atoms with Crippen LogP contribution in [0.1, 0.15) is 6.92 Å². The summed E-state index contributed by atoms with van der Waals surface area (Å²) in [6.07, 6.45) is 0.894. The van der Waals surface area contributed by atoms with Crippen molar-refractivity contribution in [2.24, 2.45) is 0 Å². The molecule has 4 heteroatoms. The molecule has 1 heterocycles. The SMILES string of the molecule is CC1=C(C=O)S(=S)SC1. The van der Waals surface area contributed by atoms with E-state index in [-0.39, 0.29) is 8.49 Å². The summed E-state index contributed by atoms with van der Waals surface area (Å²) in [6.45, 7) is 1.97. The maximum Gasteiger partial charge on any atom is 0.157 e. The minimum absolute atomic E-state index is 0.229. The molecule has 0 aliphatic carbocycles. The first-order valence-corrected chi connectivity index (χ1v) is 6.11. The van der Waals surface area contributed by atoms with Crippen LogP contribution < -0.4 is 0 Å². The molecule has 0 saturated heterocycles. The van der Waals surface area contributed by atoms with Crippen LogP contribution in [0, 0.1) is 0 Å². The molecule has 1 nitrogen and oxygen atoms in total. The van der Waals surface area contributed by atoms with Gasteiger partial charge < -0.3 is 0 Å². The highest BCUT2D eigenvalue weighted by molar-refractivity contribution is 8.84. The smallest absolute Gasteiger partial charge is 0.157 e. The zero-order chi connectivity index (χ0) is 6.85. The molecule has 1 aliphatic heterocycles. The highest BCUT2D eigenvalue weighted by atomic mass is 33.3. The van der Waals surface area contributed by atoms with Gasteiger partial charge in [-0.05, 0) is 32.2 Å². The second-order valence-corrected chi connectivity index (χ2v) is 6.53. The van der Waals surface area contributed by atoms with Crippen LogP contribution in [-0.2, 0) is 24.5 Å². The van der Waals surface area contributed by atoms with E-state index < -0.39 is 0 Å². The fraction of sp³-hybridized carbons (Fsp3) is 0.400. The van der Waals surface area contributed by atoms with Gasteiger partial charge in [0.25, 0.3) is 0 Å². The number of aldehydes is 1. The van der Waals surface area contributed by atoms with Crippen LogP contribution in [0.25, 0.3) is 0 Å². The summed E-state index contributed by atoms with van der Waals surface area (Å²) in [5, 5.41) is 0. The van der Waals surface area contributed by atoms with Gasteiger partial charge in [0.15, 0.2) is 6.29 Å². The Kier molecular flexibility index (Phi) is 2.43. The molecule has 0 aromatic rings. The topological polar surface area (TPSA) is 17.1 Å². The van der Waals surface area contributed by atoms with Crippen molar-refractivity contribution < 1.29 is 4.79 Å². The fourth-order valence-corrected chi connectivity index (χ4v) is 4.41.